The lowest BCUT2D eigenvalue weighted by Gasteiger charge is -2.25. The highest BCUT2D eigenvalue weighted by molar-refractivity contribution is 5.86. The zero-order valence-corrected chi connectivity index (χ0v) is 18.5. The Kier molecular flexibility index (Phi) is 4.70. The Bertz CT molecular complexity index is 1340. The SMILES string of the molecule is CCn1c(-c2cnc(OC)c(F)c2)nc2c(N[C@@H]3CCc4nnc(C5CC5)n4C3)ncnc21. The zero-order chi connectivity index (χ0) is 22.5. The summed E-state index contributed by atoms with van der Waals surface area (Å²) >= 11 is 0. The van der Waals surface area contributed by atoms with E-state index in [1.165, 1.54) is 32.3 Å². The maximum absolute atomic E-state index is 14.3. The fourth-order valence-electron chi connectivity index (χ4n) is 4.56. The number of nitrogens with one attached hydrogen (secondary N) is 1. The van der Waals surface area contributed by atoms with E-state index in [1.807, 2.05) is 11.5 Å². The Morgan fingerprint density at radius 1 is 1.18 bits per heavy atom. The van der Waals surface area contributed by atoms with Crippen LogP contribution in [-0.2, 0) is 19.5 Å². The molecule has 2 aliphatic rings. The van der Waals surface area contributed by atoms with Gasteiger partial charge < -0.3 is 19.2 Å². The average Bonchev–Trinajstić information content (AvgIpc) is 3.47. The predicted molar refractivity (Wildman–Crippen MR) is 118 cm³/mol. The minimum Gasteiger partial charge on any atom is -0.479 e. The van der Waals surface area contributed by atoms with Gasteiger partial charge in [0, 0.05) is 43.2 Å². The molecule has 0 spiro atoms. The van der Waals surface area contributed by atoms with Crippen LogP contribution in [0.25, 0.3) is 22.6 Å². The lowest BCUT2D eigenvalue weighted by Crippen LogP contribution is -2.32. The molecule has 0 aromatic carbocycles. The molecule has 1 aliphatic heterocycles. The molecule has 5 heterocycles. The molecule has 11 heteroatoms. The first-order chi connectivity index (χ1) is 16.2. The number of pyridine rings is 1. The van der Waals surface area contributed by atoms with Crippen LogP contribution in [0.1, 0.15) is 43.8 Å². The molecule has 1 saturated carbocycles. The number of aryl methyl sites for hydroxylation is 2. The summed E-state index contributed by atoms with van der Waals surface area (Å²) in [4.78, 5) is 17.8. The van der Waals surface area contributed by atoms with Crippen LogP contribution in [0.15, 0.2) is 18.6 Å². The third-order valence-corrected chi connectivity index (χ3v) is 6.37. The van der Waals surface area contributed by atoms with Gasteiger partial charge in [0.25, 0.3) is 0 Å². The summed E-state index contributed by atoms with van der Waals surface area (Å²) in [5.41, 5.74) is 1.91. The lowest BCUT2D eigenvalue weighted by atomic mass is 10.1. The molecule has 0 bridgehead atoms. The second kappa shape index (κ2) is 7.75. The lowest BCUT2D eigenvalue weighted by molar-refractivity contribution is 0.369. The summed E-state index contributed by atoms with van der Waals surface area (Å²) < 4.78 is 23.5. The third kappa shape index (κ3) is 3.38. The van der Waals surface area contributed by atoms with Crippen molar-refractivity contribution >= 4 is 17.0 Å². The number of hydrogen-bond acceptors (Lipinski definition) is 8. The molecule has 0 unspecified atom stereocenters. The van der Waals surface area contributed by atoms with Crippen LogP contribution in [0.3, 0.4) is 0 Å². The summed E-state index contributed by atoms with van der Waals surface area (Å²) in [7, 11) is 1.39. The van der Waals surface area contributed by atoms with Gasteiger partial charge in [-0.3, -0.25) is 0 Å². The highest BCUT2D eigenvalue weighted by Gasteiger charge is 2.33. The van der Waals surface area contributed by atoms with Crippen molar-refractivity contribution in [3.8, 4) is 17.3 Å². The minimum absolute atomic E-state index is 0.0451. The van der Waals surface area contributed by atoms with Crippen LogP contribution < -0.4 is 10.1 Å². The van der Waals surface area contributed by atoms with Gasteiger partial charge in [0.15, 0.2) is 22.8 Å². The van der Waals surface area contributed by atoms with Crippen molar-refractivity contribution in [3.63, 3.8) is 0 Å². The first-order valence-electron chi connectivity index (χ1n) is 11.3. The van der Waals surface area contributed by atoms with Crippen molar-refractivity contribution < 1.29 is 9.13 Å². The summed E-state index contributed by atoms with van der Waals surface area (Å²) in [6.07, 6.45) is 7.30. The number of aromatic nitrogens is 8. The van der Waals surface area contributed by atoms with Crippen LogP contribution in [-0.4, -0.2) is 52.4 Å². The van der Waals surface area contributed by atoms with E-state index in [2.05, 4.69) is 35.0 Å². The first kappa shape index (κ1) is 20.0. The van der Waals surface area contributed by atoms with E-state index in [-0.39, 0.29) is 11.9 Å². The number of rotatable bonds is 6. The molecule has 1 aliphatic carbocycles. The molecule has 1 fully saturated rings. The highest BCUT2D eigenvalue weighted by Crippen LogP contribution is 2.40. The van der Waals surface area contributed by atoms with E-state index in [9.17, 15) is 4.39 Å². The van der Waals surface area contributed by atoms with Crippen molar-refractivity contribution in [1.82, 2.24) is 39.3 Å². The number of fused-ring (bicyclic) bond motifs is 2. The topological polar surface area (TPSA) is 108 Å². The number of methoxy groups -OCH3 is 1. The molecule has 0 amide bonds. The number of hydrogen-bond donors (Lipinski definition) is 1. The fourth-order valence-corrected chi connectivity index (χ4v) is 4.56. The molecular formula is C22H24FN9O. The number of anilines is 1. The molecule has 0 radical (unpaired) electrons. The first-order valence-corrected chi connectivity index (χ1v) is 11.3. The van der Waals surface area contributed by atoms with E-state index >= 15 is 0 Å². The molecule has 10 nitrogen and oxygen atoms in total. The zero-order valence-electron chi connectivity index (χ0n) is 18.5. The van der Waals surface area contributed by atoms with Crippen molar-refractivity contribution in [3.05, 3.63) is 36.1 Å². The molecule has 1 N–H and O–H groups in total. The Labute approximate surface area is 189 Å². The maximum atomic E-state index is 14.3. The van der Waals surface area contributed by atoms with Gasteiger partial charge in [-0.1, -0.05) is 0 Å². The van der Waals surface area contributed by atoms with Gasteiger partial charge in [-0.2, -0.15) is 0 Å². The summed E-state index contributed by atoms with van der Waals surface area (Å²) in [6.45, 7) is 3.42. The molecule has 4 aromatic rings. The molecule has 4 aromatic heterocycles. The number of ether oxygens (including phenoxy) is 1. The summed E-state index contributed by atoms with van der Waals surface area (Å²) in [6, 6.07) is 1.56. The Morgan fingerprint density at radius 3 is 2.82 bits per heavy atom. The van der Waals surface area contributed by atoms with E-state index in [0.29, 0.717) is 40.8 Å². The highest BCUT2D eigenvalue weighted by atomic mass is 19.1. The van der Waals surface area contributed by atoms with Gasteiger partial charge >= 0.3 is 0 Å². The van der Waals surface area contributed by atoms with Crippen LogP contribution >= 0.6 is 0 Å². The van der Waals surface area contributed by atoms with Crippen LogP contribution in [0.2, 0.25) is 0 Å². The molecule has 33 heavy (non-hydrogen) atoms. The normalized spacial score (nSPS) is 17.8. The van der Waals surface area contributed by atoms with Gasteiger partial charge in [0.05, 0.1) is 7.11 Å². The van der Waals surface area contributed by atoms with Gasteiger partial charge in [-0.25, -0.2) is 24.3 Å². The number of halogens is 1. The summed E-state index contributed by atoms with van der Waals surface area (Å²) in [5.74, 6) is 3.40. The van der Waals surface area contributed by atoms with Gasteiger partial charge in [-0.05, 0) is 32.3 Å². The van der Waals surface area contributed by atoms with Crippen LogP contribution in [0.5, 0.6) is 5.88 Å². The van der Waals surface area contributed by atoms with Crippen molar-refractivity contribution in [1.29, 1.82) is 0 Å². The van der Waals surface area contributed by atoms with E-state index in [4.69, 9.17) is 9.72 Å². The predicted octanol–water partition coefficient (Wildman–Crippen LogP) is 2.95. The van der Waals surface area contributed by atoms with E-state index < -0.39 is 5.82 Å². The largest absolute Gasteiger partial charge is 0.479 e. The molecular weight excluding hydrogens is 425 g/mol. The standard InChI is InChI=1S/C22H24FN9O/c1-3-31-19(13-8-15(23)22(33-2)24-9-13)28-17-18(25-11-26-21(17)31)27-14-6-7-16-29-30-20(12-4-5-12)32(16)10-14/h8-9,11-12,14H,3-7,10H2,1-2H3,(H,25,26,27)/t14-/m1/s1. The molecule has 1 atom stereocenters. The summed E-state index contributed by atoms with van der Waals surface area (Å²) in [5, 5.41) is 12.4. The monoisotopic (exact) mass is 449 g/mol. The molecule has 6 rings (SSSR count). The Hall–Kier alpha value is -3.63. The number of nitrogens with zero attached hydrogens (tertiary/aromatic N) is 8. The quantitative estimate of drug-likeness (QED) is 0.479. The Morgan fingerprint density at radius 2 is 2.06 bits per heavy atom. The smallest absolute Gasteiger partial charge is 0.250 e. The van der Waals surface area contributed by atoms with E-state index in [1.54, 1.807) is 6.20 Å². The molecule has 170 valence electrons. The average molecular weight is 449 g/mol. The van der Waals surface area contributed by atoms with Crippen LogP contribution in [0, 0.1) is 5.82 Å². The van der Waals surface area contributed by atoms with Crippen molar-refractivity contribution in [2.45, 2.75) is 57.7 Å². The second-order valence-corrected chi connectivity index (χ2v) is 8.53. The second-order valence-electron chi connectivity index (χ2n) is 8.53. The molecule has 0 saturated heterocycles. The van der Waals surface area contributed by atoms with Crippen LogP contribution in [0.4, 0.5) is 10.2 Å². The van der Waals surface area contributed by atoms with Gasteiger partial charge in [-0.15, -0.1) is 10.2 Å². The van der Waals surface area contributed by atoms with Gasteiger partial charge in [0.2, 0.25) is 5.88 Å². The maximum Gasteiger partial charge on any atom is 0.250 e. The fraction of sp³-hybridized carbons (Fsp3) is 0.455. The van der Waals surface area contributed by atoms with Crippen molar-refractivity contribution in [2.75, 3.05) is 12.4 Å². The van der Waals surface area contributed by atoms with Gasteiger partial charge in [0.1, 0.15) is 23.8 Å². The Balaban J connectivity index is 1.34. The van der Waals surface area contributed by atoms with Crippen molar-refractivity contribution in [2.24, 2.45) is 0 Å². The van der Waals surface area contributed by atoms with E-state index in [0.717, 1.165) is 31.0 Å². The minimum atomic E-state index is -0.535. The third-order valence-electron chi connectivity index (χ3n) is 6.37. The number of imidazole rings is 1.